The van der Waals surface area contributed by atoms with Gasteiger partial charge in [0.05, 0.1) is 18.6 Å². The second-order valence-corrected chi connectivity index (χ2v) is 4.21. The number of rotatable bonds is 4. The van der Waals surface area contributed by atoms with Crippen LogP contribution in [0.3, 0.4) is 0 Å². The van der Waals surface area contributed by atoms with Crippen LogP contribution >= 0.6 is 0 Å². The van der Waals surface area contributed by atoms with Crippen molar-refractivity contribution in [1.29, 1.82) is 0 Å². The van der Waals surface area contributed by atoms with Crippen LogP contribution in [0.15, 0.2) is 36.8 Å². The Morgan fingerprint density at radius 2 is 2.28 bits per heavy atom. The van der Waals surface area contributed by atoms with Gasteiger partial charge in [-0.05, 0) is 18.2 Å². The van der Waals surface area contributed by atoms with Gasteiger partial charge in [0.25, 0.3) is 5.91 Å². The van der Waals surface area contributed by atoms with Crippen molar-refractivity contribution < 1.29 is 4.79 Å². The number of aromatic amines is 1. The molecule has 0 unspecified atom stereocenters. The molecule has 1 amide bonds. The van der Waals surface area contributed by atoms with E-state index in [4.69, 9.17) is 0 Å². The van der Waals surface area contributed by atoms with Gasteiger partial charge in [-0.2, -0.15) is 0 Å². The highest BCUT2D eigenvalue weighted by molar-refractivity contribution is 5.94. The van der Waals surface area contributed by atoms with Crippen molar-refractivity contribution in [3.8, 4) is 0 Å². The minimum absolute atomic E-state index is 0.000176. The molecule has 0 saturated carbocycles. The molecule has 0 aliphatic rings. The average molecular weight is 244 g/mol. The molecule has 2 aromatic rings. The first kappa shape index (κ1) is 12.2. The lowest BCUT2D eigenvalue weighted by molar-refractivity contribution is 0.0827. The molecule has 5 heteroatoms. The number of nitrogens with one attached hydrogen (secondary N) is 2. The number of aromatic nitrogens is 2. The molecule has 1 aromatic carbocycles. The van der Waals surface area contributed by atoms with E-state index in [0.29, 0.717) is 12.1 Å². The fourth-order valence-corrected chi connectivity index (χ4v) is 1.60. The predicted octanol–water partition coefficient (Wildman–Crippen LogP) is 1.72. The van der Waals surface area contributed by atoms with E-state index in [9.17, 15) is 4.79 Å². The van der Waals surface area contributed by atoms with E-state index in [2.05, 4.69) is 15.3 Å². The molecule has 0 atom stereocenters. The van der Waals surface area contributed by atoms with E-state index >= 15 is 0 Å². The first-order chi connectivity index (χ1) is 8.66. The third-order valence-corrected chi connectivity index (χ3v) is 2.55. The van der Waals surface area contributed by atoms with Crippen molar-refractivity contribution in [2.75, 3.05) is 19.4 Å². The Morgan fingerprint density at radius 3 is 2.94 bits per heavy atom. The fourth-order valence-electron chi connectivity index (χ4n) is 1.60. The summed E-state index contributed by atoms with van der Waals surface area (Å²) in [6.45, 7) is 0.652. The second kappa shape index (κ2) is 5.35. The minimum Gasteiger partial charge on any atom is -0.379 e. The summed E-state index contributed by atoms with van der Waals surface area (Å²) in [7, 11) is 3.49. The Labute approximate surface area is 106 Å². The number of carbonyl (C=O) groups is 1. The molecule has 5 nitrogen and oxygen atoms in total. The van der Waals surface area contributed by atoms with Crippen molar-refractivity contribution >= 4 is 11.6 Å². The standard InChI is InChI=1S/C13H16N4O/c1-17(2)13(18)10-4-3-5-11(6-10)15-8-12-7-14-9-16-12/h3-7,9,15H,8H2,1-2H3,(H,14,16). The zero-order chi connectivity index (χ0) is 13.0. The van der Waals surface area contributed by atoms with Crippen molar-refractivity contribution in [3.63, 3.8) is 0 Å². The normalized spacial score (nSPS) is 10.1. The topological polar surface area (TPSA) is 61.0 Å². The van der Waals surface area contributed by atoms with Crippen LogP contribution in [0.2, 0.25) is 0 Å². The van der Waals surface area contributed by atoms with Gasteiger partial charge in [-0.3, -0.25) is 4.79 Å². The Hall–Kier alpha value is -2.30. The monoisotopic (exact) mass is 244 g/mol. The Balaban J connectivity index is 2.05. The first-order valence-corrected chi connectivity index (χ1v) is 5.69. The second-order valence-electron chi connectivity index (χ2n) is 4.21. The van der Waals surface area contributed by atoms with Crippen LogP contribution in [0.4, 0.5) is 5.69 Å². The van der Waals surface area contributed by atoms with Crippen molar-refractivity contribution in [2.24, 2.45) is 0 Å². The molecule has 0 aliphatic carbocycles. The van der Waals surface area contributed by atoms with Gasteiger partial charge in [-0.25, -0.2) is 4.98 Å². The number of hydrogen-bond donors (Lipinski definition) is 2. The minimum atomic E-state index is 0.000176. The van der Waals surface area contributed by atoms with Crippen LogP contribution in [0, 0.1) is 0 Å². The first-order valence-electron chi connectivity index (χ1n) is 5.69. The molecule has 0 fully saturated rings. The smallest absolute Gasteiger partial charge is 0.253 e. The van der Waals surface area contributed by atoms with Gasteiger partial charge >= 0.3 is 0 Å². The highest BCUT2D eigenvalue weighted by atomic mass is 16.2. The molecular weight excluding hydrogens is 228 g/mol. The Morgan fingerprint density at radius 1 is 1.44 bits per heavy atom. The lowest BCUT2D eigenvalue weighted by Gasteiger charge is -2.11. The van der Waals surface area contributed by atoms with Crippen LogP contribution in [-0.4, -0.2) is 34.9 Å². The van der Waals surface area contributed by atoms with Crippen LogP contribution in [0.1, 0.15) is 16.1 Å². The van der Waals surface area contributed by atoms with Crippen LogP contribution in [0.5, 0.6) is 0 Å². The summed E-state index contributed by atoms with van der Waals surface area (Å²) in [5.74, 6) is 0.000176. The number of anilines is 1. The van der Waals surface area contributed by atoms with Crippen molar-refractivity contribution in [3.05, 3.63) is 48.0 Å². The number of hydrogen-bond acceptors (Lipinski definition) is 3. The third-order valence-electron chi connectivity index (χ3n) is 2.55. The highest BCUT2D eigenvalue weighted by Crippen LogP contribution is 2.12. The maximum absolute atomic E-state index is 11.8. The molecule has 2 rings (SSSR count). The van der Waals surface area contributed by atoms with Crippen LogP contribution in [0.25, 0.3) is 0 Å². The Bertz CT molecular complexity index is 520. The van der Waals surface area contributed by atoms with Crippen LogP contribution < -0.4 is 5.32 Å². The summed E-state index contributed by atoms with van der Waals surface area (Å²) in [6.07, 6.45) is 3.41. The fraction of sp³-hybridized carbons (Fsp3) is 0.231. The zero-order valence-electron chi connectivity index (χ0n) is 10.5. The van der Waals surface area contributed by atoms with Gasteiger partial charge in [-0.15, -0.1) is 0 Å². The van der Waals surface area contributed by atoms with E-state index in [1.165, 1.54) is 0 Å². The molecule has 1 aromatic heterocycles. The molecule has 0 saturated heterocycles. The summed E-state index contributed by atoms with van der Waals surface area (Å²) >= 11 is 0. The maximum Gasteiger partial charge on any atom is 0.253 e. The lowest BCUT2D eigenvalue weighted by atomic mass is 10.2. The molecule has 94 valence electrons. The quantitative estimate of drug-likeness (QED) is 0.861. The van der Waals surface area contributed by atoms with Gasteiger partial charge < -0.3 is 15.2 Å². The number of imidazole rings is 1. The summed E-state index contributed by atoms with van der Waals surface area (Å²) in [5.41, 5.74) is 2.59. The number of H-pyrrole nitrogens is 1. The van der Waals surface area contributed by atoms with E-state index < -0.39 is 0 Å². The number of amides is 1. The maximum atomic E-state index is 11.8. The summed E-state index contributed by atoms with van der Waals surface area (Å²) in [6, 6.07) is 7.46. The van der Waals surface area contributed by atoms with E-state index in [1.54, 1.807) is 31.5 Å². The van der Waals surface area contributed by atoms with E-state index in [1.807, 2.05) is 24.3 Å². The molecule has 18 heavy (non-hydrogen) atoms. The molecule has 0 aliphatic heterocycles. The number of carbonyl (C=O) groups excluding carboxylic acids is 1. The summed E-state index contributed by atoms with van der Waals surface area (Å²) in [5, 5.41) is 3.24. The summed E-state index contributed by atoms with van der Waals surface area (Å²) in [4.78, 5) is 20.3. The molecule has 0 spiro atoms. The molecular formula is C13H16N4O. The van der Waals surface area contributed by atoms with Crippen LogP contribution in [-0.2, 0) is 6.54 Å². The number of nitrogens with zero attached hydrogens (tertiary/aromatic N) is 2. The predicted molar refractivity (Wildman–Crippen MR) is 70.4 cm³/mol. The van der Waals surface area contributed by atoms with E-state index in [-0.39, 0.29) is 5.91 Å². The lowest BCUT2D eigenvalue weighted by Crippen LogP contribution is -2.21. The zero-order valence-corrected chi connectivity index (χ0v) is 10.5. The largest absolute Gasteiger partial charge is 0.379 e. The number of benzene rings is 1. The summed E-state index contributed by atoms with van der Waals surface area (Å²) < 4.78 is 0. The van der Waals surface area contributed by atoms with Gasteiger partial charge in [0.1, 0.15) is 0 Å². The van der Waals surface area contributed by atoms with Gasteiger partial charge in [-0.1, -0.05) is 6.07 Å². The highest BCUT2D eigenvalue weighted by Gasteiger charge is 2.07. The van der Waals surface area contributed by atoms with Gasteiger partial charge in [0.15, 0.2) is 0 Å². The van der Waals surface area contributed by atoms with Gasteiger partial charge in [0.2, 0.25) is 0 Å². The molecule has 0 radical (unpaired) electrons. The average Bonchev–Trinajstić information content (AvgIpc) is 2.89. The van der Waals surface area contributed by atoms with Crippen molar-refractivity contribution in [2.45, 2.75) is 6.54 Å². The van der Waals surface area contributed by atoms with E-state index in [0.717, 1.165) is 11.4 Å². The van der Waals surface area contributed by atoms with Gasteiger partial charge in [0, 0.05) is 31.5 Å². The third kappa shape index (κ3) is 2.88. The molecule has 0 bridgehead atoms. The molecule has 2 N–H and O–H groups in total. The Kier molecular flexibility index (Phi) is 3.62. The molecule has 1 heterocycles. The van der Waals surface area contributed by atoms with Crippen molar-refractivity contribution in [1.82, 2.24) is 14.9 Å². The SMILES string of the molecule is CN(C)C(=O)c1cccc(NCc2cnc[nH]2)c1.